The van der Waals surface area contributed by atoms with E-state index in [9.17, 15) is 0 Å². The number of hydrogen-bond acceptors (Lipinski definition) is 1. The normalized spacial score (nSPS) is 9.83. The second-order valence-corrected chi connectivity index (χ2v) is 1.54. The molecule has 0 saturated carbocycles. The first-order chi connectivity index (χ1) is 2.00. The molecule has 0 aliphatic rings. The fraction of sp³-hybridized carbons (Fsp3) is 0. The Hall–Kier alpha value is 0.629. The van der Waals surface area contributed by atoms with Gasteiger partial charge in [-0.05, 0) is 0 Å². The first-order valence-electron chi connectivity index (χ1n) is 0.783. The quantitative estimate of drug-likeness (QED) is 0.317. The molecule has 4 nitrogen and oxygen atoms in total. The van der Waals surface area contributed by atoms with E-state index in [0.717, 1.165) is 0 Å². The summed E-state index contributed by atoms with van der Waals surface area (Å²) in [7, 11) is -4.64. The summed E-state index contributed by atoms with van der Waals surface area (Å²) in [5, 5.41) is 0. The minimum atomic E-state index is -4.64. The second kappa shape index (κ2) is 2.75. The van der Waals surface area contributed by atoms with Crippen LogP contribution in [0.4, 0.5) is 0 Å². The van der Waals surface area contributed by atoms with Crippen molar-refractivity contribution >= 4 is 7.82 Å². The van der Waals surface area contributed by atoms with Gasteiger partial charge in [0.05, 0.1) is 0 Å². The summed E-state index contributed by atoms with van der Waals surface area (Å²) >= 11 is 0. The van der Waals surface area contributed by atoms with Gasteiger partial charge < -0.3 is 14.7 Å². The molecule has 0 unspecified atom stereocenters. The molecule has 0 bridgehead atoms. The van der Waals surface area contributed by atoms with Crippen molar-refractivity contribution < 1.29 is 36.3 Å². The fourth-order valence-electron chi connectivity index (χ4n) is 0. The monoisotopic (exact) mass is 161 g/mol. The van der Waals surface area contributed by atoms with Crippen LogP contribution in [0.25, 0.3) is 0 Å². The van der Waals surface area contributed by atoms with Crippen molar-refractivity contribution in [2.24, 2.45) is 0 Å². The molecule has 3 N–H and O–H groups in total. The maximum atomic E-state index is 8.88. The Morgan fingerprint density at radius 3 is 1.17 bits per heavy atom. The van der Waals surface area contributed by atoms with E-state index in [1.54, 1.807) is 0 Å². The largest absolute Gasteiger partial charge is 0.466 e. The van der Waals surface area contributed by atoms with Crippen LogP contribution in [0, 0.1) is 0 Å². The zero-order valence-electron chi connectivity index (χ0n) is 2.50. The van der Waals surface area contributed by atoms with E-state index in [2.05, 4.69) is 0 Å². The van der Waals surface area contributed by atoms with Gasteiger partial charge in [0, 0.05) is 17.1 Å². The van der Waals surface area contributed by atoms with Crippen LogP contribution in [-0.2, 0) is 21.6 Å². The molecule has 0 atom stereocenters. The van der Waals surface area contributed by atoms with Crippen LogP contribution in [0.1, 0.15) is 0 Å². The minimum absolute atomic E-state index is 0. The Kier molecular flexibility index (Phi) is 4.49. The van der Waals surface area contributed by atoms with E-state index in [-0.39, 0.29) is 17.1 Å². The van der Waals surface area contributed by atoms with E-state index in [1.807, 2.05) is 0 Å². The van der Waals surface area contributed by atoms with Gasteiger partial charge in [0.1, 0.15) is 0 Å². The van der Waals surface area contributed by atoms with Crippen molar-refractivity contribution in [3.8, 4) is 0 Å². The molecule has 0 amide bonds. The Morgan fingerprint density at radius 1 is 1.17 bits per heavy atom. The molecule has 0 aromatic rings. The van der Waals surface area contributed by atoms with E-state index >= 15 is 0 Å². The van der Waals surface area contributed by atoms with Gasteiger partial charge in [-0.25, -0.2) is 4.57 Å². The zero-order chi connectivity index (χ0) is 4.50. The van der Waals surface area contributed by atoms with Crippen molar-refractivity contribution in [1.82, 2.24) is 0 Å². The molecule has 0 aliphatic heterocycles. The minimum Gasteiger partial charge on any atom is -0.303 e. The summed E-state index contributed by atoms with van der Waals surface area (Å²) in [5.41, 5.74) is 0. The van der Waals surface area contributed by atoms with Gasteiger partial charge in [0.25, 0.3) is 0 Å². The maximum Gasteiger partial charge on any atom is 0.466 e. The van der Waals surface area contributed by atoms with E-state index in [0.29, 0.717) is 0 Å². The number of hydrogen-bond donors (Lipinski definition) is 3. The van der Waals surface area contributed by atoms with Crippen molar-refractivity contribution in [3.05, 3.63) is 0 Å². The van der Waals surface area contributed by atoms with Crippen LogP contribution in [0.3, 0.4) is 0 Å². The first kappa shape index (κ1) is 9.80. The third-order valence-electron chi connectivity index (χ3n) is 0. The average molecular weight is 162 g/mol. The second-order valence-electron chi connectivity index (χ2n) is 0.513. The first-order valence-corrected chi connectivity index (χ1v) is 2.35. The predicted octanol–water partition coefficient (Wildman–Crippen LogP) is -0.931. The van der Waals surface area contributed by atoms with Gasteiger partial charge in [0.15, 0.2) is 0 Å². The zero-order valence-corrected chi connectivity index (χ0v) is 4.33. The third kappa shape index (κ3) is 154. The third-order valence-corrected chi connectivity index (χ3v) is 0. The molecule has 6 heteroatoms. The number of phosphoric acid groups is 1. The molecule has 0 spiro atoms. The SMILES string of the molecule is O=P(O)(O)O.[Cu]. The van der Waals surface area contributed by atoms with Gasteiger partial charge >= 0.3 is 7.82 Å². The van der Waals surface area contributed by atoms with Crippen molar-refractivity contribution in [1.29, 1.82) is 0 Å². The van der Waals surface area contributed by atoms with Crippen LogP contribution in [0.5, 0.6) is 0 Å². The van der Waals surface area contributed by atoms with Gasteiger partial charge in [-0.2, -0.15) is 0 Å². The van der Waals surface area contributed by atoms with Crippen molar-refractivity contribution in [2.75, 3.05) is 0 Å². The number of rotatable bonds is 0. The predicted molar refractivity (Wildman–Crippen MR) is 14.3 cm³/mol. The maximum absolute atomic E-state index is 8.88. The molecule has 0 fully saturated rings. The summed E-state index contributed by atoms with van der Waals surface area (Å²) in [5.74, 6) is 0. The molecular weight excluding hydrogens is 159 g/mol. The fourth-order valence-corrected chi connectivity index (χ4v) is 0. The summed E-state index contributed by atoms with van der Waals surface area (Å²) in [6, 6.07) is 0. The van der Waals surface area contributed by atoms with E-state index in [1.165, 1.54) is 0 Å². The van der Waals surface area contributed by atoms with Crippen molar-refractivity contribution in [2.45, 2.75) is 0 Å². The van der Waals surface area contributed by atoms with Crippen LogP contribution in [0.2, 0.25) is 0 Å². The van der Waals surface area contributed by atoms with Crippen LogP contribution >= 0.6 is 7.82 Å². The van der Waals surface area contributed by atoms with Crippen LogP contribution < -0.4 is 0 Å². The van der Waals surface area contributed by atoms with Gasteiger partial charge in [-0.15, -0.1) is 0 Å². The molecular formula is H3CuO4P. The molecule has 0 heterocycles. The smallest absolute Gasteiger partial charge is 0.303 e. The van der Waals surface area contributed by atoms with E-state index < -0.39 is 7.82 Å². The molecule has 0 rings (SSSR count). The molecule has 1 radical (unpaired) electrons. The van der Waals surface area contributed by atoms with Gasteiger partial charge in [-0.1, -0.05) is 0 Å². The summed E-state index contributed by atoms with van der Waals surface area (Å²) in [6.45, 7) is 0. The Balaban J connectivity index is 0. The summed E-state index contributed by atoms with van der Waals surface area (Å²) in [6.07, 6.45) is 0. The van der Waals surface area contributed by atoms with Gasteiger partial charge in [-0.3, -0.25) is 0 Å². The molecule has 43 valence electrons. The summed E-state index contributed by atoms with van der Waals surface area (Å²) < 4.78 is 8.88. The standard InChI is InChI=1S/Cu.H3O4P/c;1-5(2,3)4/h;(H3,1,2,3,4). The topological polar surface area (TPSA) is 77.8 Å². The molecule has 6 heavy (non-hydrogen) atoms. The average Bonchev–Trinajstić information content (AvgIpc) is 0.722. The Bertz CT molecular complexity index is 53.7. The van der Waals surface area contributed by atoms with E-state index in [4.69, 9.17) is 19.2 Å². The Labute approximate surface area is 44.9 Å². The Morgan fingerprint density at radius 2 is 1.17 bits per heavy atom. The summed E-state index contributed by atoms with van der Waals surface area (Å²) in [4.78, 5) is 21.6. The molecule has 0 aromatic carbocycles. The van der Waals surface area contributed by atoms with Gasteiger partial charge in [0.2, 0.25) is 0 Å². The molecule has 0 saturated heterocycles. The molecule has 0 aromatic heterocycles. The van der Waals surface area contributed by atoms with Crippen LogP contribution in [0.15, 0.2) is 0 Å². The van der Waals surface area contributed by atoms with Crippen LogP contribution in [-0.4, -0.2) is 14.7 Å². The van der Waals surface area contributed by atoms with Crippen molar-refractivity contribution in [3.63, 3.8) is 0 Å². The molecule has 0 aliphatic carbocycles.